The van der Waals surface area contributed by atoms with Gasteiger partial charge in [0.1, 0.15) is 0 Å². The van der Waals surface area contributed by atoms with E-state index in [1.54, 1.807) is 6.20 Å². The predicted octanol–water partition coefficient (Wildman–Crippen LogP) is 3.27. The normalized spacial score (nSPS) is 10.5. The number of thioether (sulfide) groups is 1. The van der Waals surface area contributed by atoms with E-state index in [-0.39, 0.29) is 0 Å². The Morgan fingerprint density at radius 3 is 2.72 bits per heavy atom. The molecule has 0 aliphatic carbocycles. The smallest absolute Gasteiger partial charge is 0.0312 e. The van der Waals surface area contributed by atoms with E-state index in [0.29, 0.717) is 0 Å². The molecule has 3 heteroatoms. The number of aromatic nitrogens is 1. The predicted molar refractivity (Wildman–Crippen MR) is 77.8 cm³/mol. The van der Waals surface area contributed by atoms with Crippen LogP contribution in [0.2, 0.25) is 0 Å². The SMILES string of the molecule is Cc1ccc(SCCNCc2cccnc2)cc1. The van der Waals surface area contributed by atoms with Crippen molar-refractivity contribution in [2.75, 3.05) is 12.3 Å². The van der Waals surface area contributed by atoms with Crippen LogP contribution in [0.5, 0.6) is 0 Å². The number of nitrogens with one attached hydrogen (secondary N) is 1. The minimum atomic E-state index is 0.891. The van der Waals surface area contributed by atoms with Crippen molar-refractivity contribution >= 4 is 11.8 Å². The van der Waals surface area contributed by atoms with E-state index < -0.39 is 0 Å². The zero-order valence-corrected chi connectivity index (χ0v) is 11.4. The van der Waals surface area contributed by atoms with Crippen molar-refractivity contribution in [1.82, 2.24) is 10.3 Å². The van der Waals surface area contributed by atoms with E-state index in [1.807, 2.05) is 24.0 Å². The lowest BCUT2D eigenvalue weighted by Gasteiger charge is -2.05. The third kappa shape index (κ3) is 4.51. The molecule has 1 heterocycles. The van der Waals surface area contributed by atoms with Gasteiger partial charge in [0.2, 0.25) is 0 Å². The molecule has 94 valence electrons. The molecular formula is C15H18N2S. The van der Waals surface area contributed by atoms with Crippen LogP contribution in [0.3, 0.4) is 0 Å². The number of nitrogens with zero attached hydrogens (tertiary/aromatic N) is 1. The fourth-order valence-corrected chi connectivity index (χ4v) is 2.42. The van der Waals surface area contributed by atoms with Crippen LogP contribution >= 0.6 is 11.8 Å². The summed E-state index contributed by atoms with van der Waals surface area (Å²) in [6.45, 7) is 4.01. The Morgan fingerprint density at radius 1 is 1.17 bits per heavy atom. The lowest BCUT2D eigenvalue weighted by molar-refractivity contribution is 0.729. The van der Waals surface area contributed by atoms with Crippen molar-refractivity contribution in [2.24, 2.45) is 0 Å². The minimum Gasteiger partial charge on any atom is -0.312 e. The molecule has 2 aromatic rings. The van der Waals surface area contributed by atoms with Crippen LogP contribution in [-0.4, -0.2) is 17.3 Å². The molecule has 2 nitrogen and oxygen atoms in total. The Kier molecular flexibility index (Phi) is 5.24. The van der Waals surface area contributed by atoms with Gasteiger partial charge in [0.15, 0.2) is 0 Å². The Hall–Kier alpha value is -1.32. The van der Waals surface area contributed by atoms with Gasteiger partial charge >= 0.3 is 0 Å². The third-order valence-electron chi connectivity index (χ3n) is 2.62. The molecule has 0 atom stereocenters. The number of benzene rings is 1. The van der Waals surface area contributed by atoms with Gasteiger partial charge in [-0.3, -0.25) is 4.98 Å². The molecule has 0 aliphatic rings. The average Bonchev–Trinajstić information content (AvgIpc) is 2.42. The lowest BCUT2D eigenvalue weighted by atomic mass is 10.2. The molecule has 18 heavy (non-hydrogen) atoms. The van der Waals surface area contributed by atoms with Crippen molar-refractivity contribution in [3.8, 4) is 0 Å². The summed E-state index contributed by atoms with van der Waals surface area (Å²) >= 11 is 1.89. The van der Waals surface area contributed by atoms with Crippen LogP contribution in [0.15, 0.2) is 53.7 Å². The van der Waals surface area contributed by atoms with Crippen molar-refractivity contribution < 1.29 is 0 Å². The van der Waals surface area contributed by atoms with Crippen LogP contribution in [0.25, 0.3) is 0 Å². The van der Waals surface area contributed by atoms with E-state index in [0.717, 1.165) is 18.8 Å². The fraction of sp³-hybridized carbons (Fsp3) is 0.267. The van der Waals surface area contributed by atoms with Crippen molar-refractivity contribution in [3.05, 3.63) is 59.9 Å². The van der Waals surface area contributed by atoms with E-state index in [4.69, 9.17) is 0 Å². The van der Waals surface area contributed by atoms with Gasteiger partial charge < -0.3 is 5.32 Å². The van der Waals surface area contributed by atoms with E-state index in [2.05, 4.69) is 47.6 Å². The molecule has 0 fully saturated rings. The summed E-state index contributed by atoms with van der Waals surface area (Å²) in [6, 6.07) is 12.7. The molecule has 1 N–H and O–H groups in total. The van der Waals surface area contributed by atoms with Gasteiger partial charge in [-0.2, -0.15) is 0 Å². The first-order valence-electron chi connectivity index (χ1n) is 6.14. The first-order valence-corrected chi connectivity index (χ1v) is 7.12. The van der Waals surface area contributed by atoms with Crippen molar-refractivity contribution in [2.45, 2.75) is 18.4 Å². The van der Waals surface area contributed by atoms with E-state index >= 15 is 0 Å². The second kappa shape index (κ2) is 7.19. The van der Waals surface area contributed by atoms with Gasteiger partial charge in [-0.05, 0) is 30.7 Å². The van der Waals surface area contributed by atoms with Crippen molar-refractivity contribution in [1.29, 1.82) is 0 Å². The van der Waals surface area contributed by atoms with Crippen LogP contribution in [0.1, 0.15) is 11.1 Å². The highest BCUT2D eigenvalue weighted by Gasteiger charge is 1.94. The summed E-state index contributed by atoms with van der Waals surface area (Å²) in [5.74, 6) is 1.09. The number of hydrogen-bond acceptors (Lipinski definition) is 3. The second-order valence-electron chi connectivity index (χ2n) is 4.20. The molecule has 2 rings (SSSR count). The molecule has 1 aromatic heterocycles. The van der Waals surface area contributed by atoms with E-state index in [9.17, 15) is 0 Å². The molecule has 0 saturated heterocycles. The maximum Gasteiger partial charge on any atom is 0.0312 e. The largest absolute Gasteiger partial charge is 0.312 e. The summed E-state index contributed by atoms with van der Waals surface area (Å²) in [6.07, 6.45) is 3.71. The Balaban J connectivity index is 1.63. The number of aryl methyl sites for hydroxylation is 1. The number of pyridine rings is 1. The zero-order valence-electron chi connectivity index (χ0n) is 10.6. The van der Waals surface area contributed by atoms with Crippen LogP contribution in [0.4, 0.5) is 0 Å². The highest BCUT2D eigenvalue weighted by molar-refractivity contribution is 7.99. The molecule has 0 radical (unpaired) electrons. The van der Waals surface area contributed by atoms with E-state index in [1.165, 1.54) is 16.0 Å². The highest BCUT2D eigenvalue weighted by atomic mass is 32.2. The first kappa shape index (κ1) is 13.1. The maximum atomic E-state index is 4.09. The fourth-order valence-electron chi connectivity index (χ4n) is 1.61. The number of rotatable bonds is 6. The summed E-state index contributed by atoms with van der Waals surface area (Å²) in [5, 5.41) is 3.42. The molecule has 0 amide bonds. The second-order valence-corrected chi connectivity index (χ2v) is 5.37. The van der Waals surface area contributed by atoms with Gasteiger partial charge in [-0.15, -0.1) is 11.8 Å². The quantitative estimate of drug-likeness (QED) is 0.636. The molecule has 0 bridgehead atoms. The third-order valence-corrected chi connectivity index (χ3v) is 3.63. The van der Waals surface area contributed by atoms with Crippen LogP contribution in [-0.2, 0) is 6.54 Å². The van der Waals surface area contributed by atoms with Crippen LogP contribution < -0.4 is 5.32 Å². The average molecular weight is 258 g/mol. The molecule has 1 aromatic carbocycles. The highest BCUT2D eigenvalue weighted by Crippen LogP contribution is 2.17. The van der Waals surface area contributed by atoms with Gasteiger partial charge in [0.25, 0.3) is 0 Å². The lowest BCUT2D eigenvalue weighted by Crippen LogP contribution is -2.16. The summed E-state index contributed by atoms with van der Waals surface area (Å²) in [4.78, 5) is 5.43. The molecule has 0 saturated carbocycles. The summed E-state index contributed by atoms with van der Waals surface area (Å²) in [7, 11) is 0. The monoisotopic (exact) mass is 258 g/mol. The standard InChI is InChI=1S/C15H18N2S/c1-13-4-6-15(7-5-13)18-10-9-17-12-14-3-2-8-16-11-14/h2-8,11,17H,9-10,12H2,1H3. The van der Waals surface area contributed by atoms with Crippen LogP contribution in [0, 0.1) is 6.92 Å². The Bertz CT molecular complexity index is 454. The zero-order chi connectivity index (χ0) is 12.6. The van der Waals surface area contributed by atoms with Crippen molar-refractivity contribution in [3.63, 3.8) is 0 Å². The molecule has 0 unspecified atom stereocenters. The minimum absolute atomic E-state index is 0.891. The van der Waals surface area contributed by atoms with Gasteiger partial charge in [-0.25, -0.2) is 0 Å². The topological polar surface area (TPSA) is 24.9 Å². The number of hydrogen-bond donors (Lipinski definition) is 1. The Morgan fingerprint density at radius 2 is 2.00 bits per heavy atom. The van der Waals surface area contributed by atoms with Gasteiger partial charge in [0.05, 0.1) is 0 Å². The molecule has 0 aliphatic heterocycles. The summed E-state index contributed by atoms with van der Waals surface area (Å²) < 4.78 is 0. The molecular weight excluding hydrogens is 240 g/mol. The first-order chi connectivity index (χ1) is 8.84. The maximum absolute atomic E-state index is 4.09. The summed E-state index contributed by atoms with van der Waals surface area (Å²) in [5.41, 5.74) is 2.55. The van der Waals surface area contributed by atoms with Gasteiger partial charge in [-0.1, -0.05) is 23.8 Å². The van der Waals surface area contributed by atoms with Gasteiger partial charge in [0, 0.05) is 36.1 Å². The molecule has 0 spiro atoms. The Labute approximate surface area is 113 Å².